The molecule has 2 aromatic carbocycles. The quantitative estimate of drug-likeness (QED) is 0.466. The number of imide groups is 1. The molecule has 0 bridgehead atoms. The molecule has 10 nitrogen and oxygen atoms in total. The molecule has 2 aliphatic heterocycles. The summed E-state index contributed by atoms with van der Waals surface area (Å²) < 4.78 is 32.0. The Bertz CT molecular complexity index is 1220. The van der Waals surface area contributed by atoms with Crippen molar-refractivity contribution in [1.82, 2.24) is 9.21 Å². The second-order valence-electron chi connectivity index (χ2n) is 7.94. The van der Waals surface area contributed by atoms with Crippen LogP contribution in [0.4, 0.5) is 5.69 Å². The molecule has 1 saturated heterocycles. The standard InChI is InChI=1S/C23H23N3O7S/c27-20(15-33-21(28)14-26-22(29)18-9-2-3-10-19(18)23(26)30)24-16-7-6-8-17(13-16)34(31,32)25-11-4-1-5-12-25/h2-3,6-10,13H,1,4-5,11-12,14-15H2,(H,24,27). The highest BCUT2D eigenvalue weighted by molar-refractivity contribution is 7.89. The lowest BCUT2D eigenvalue weighted by atomic mass is 10.1. The summed E-state index contributed by atoms with van der Waals surface area (Å²) in [7, 11) is -3.67. The molecule has 178 valence electrons. The molecule has 4 rings (SSSR count). The molecule has 0 aromatic heterocycles. The summed E-state index contributed by atoms with van der Waals surface area (Å²) in [6.45, 7) is -0.363. The number of carbonyl (C=O) groups is 4. The molecule has 0 unspecified atom stereocenters. The van der Waals surface area contributed by atoms with E-state index in [2.05, 4.69) is 5.32 Å². The van der Waals surface area contributed by atoms with Gasteiger partial charge in [-0.25, -0.2) is 8.42 Å². The molecule has 1 fully saturated rings. The lowest BCUT2D eigenvalue weighted by molar-refractivity contribution is -0.147. The van der Waals surface area contributed by atoms with E-state index in [0.717, 1.165) is 24.2 Å². The number of nitrogens with one attached hydrogen (secondary N) is 1. The van der Waals surface area contributed by atoms with Gasteiger partial charge in [-0.05, 0) is 43.2 Å². The van der Waals surface area contributed by atoms with E-state index in [1.165, 1.54) is 40.7 Å². The average molecular weight is 486 g/mol. The molecule has 0 spiro atoms. The summed E-state index contributed by atoms with van der Waals surface area (Å²) in [6, 6.07) is 12.1. The number of fused-ring (bicyclic) bond motifs is 1. The van der Waals surface area contributed by atoms with Crippen molar-refractivity contribution in [3.63, 3.8) is 0 Å². The zero-order valence-electron chi connectivity index (χ0n) is 18.2. The Morgan fingerprint density at radius 3 is 2.21 bits per heavy atom. The molecule has 0 saturated carbocycles. The van der Waals surface area contributed by atoms with Crippen molar-refractivity contribution in [2.24, 2.45) is 0 Å². The molecular weight excluding hydrogens is 462 g/mol. The van der Waals surface area contributed by atoms with Crippen molar-refractivity contribution >= 4 is 39.4 Å². The third kappa shape index (κ3) is 4.85. The van der Waals surface area contributed by atoms with E-state index >= 15 is 0 Å². The first-order valence-electron chi connectivity index (χ1n) is 10.8. The van der Waals surface area contributed by atoms with Gasteiger partial charge in [-0.15, -0.1) is 0 Å². The molecule has 1 N–H and O–H groups in total. The van der Waals surface area contributed by atoms with E-state index in [9.17, 15) is 27.6 Å². The number of carbonyl (C=O) groups excluding carboxylic acids is 4. The summed E-state index contributed by atoms with van der Waals surface area (Å²) in [5, 5.41) is 2.49. The molecule has 2 heterocycles. The molecule has 3 amide bonds. The van der Waals surface area contributed by atoms with Gasteiger partial charge in [-0.1, -0.05) is 24.6 Å². The topological polar surface area (TPSA) is 130 Å². The van der Waals surface area contributed by atoms with Gasteiger partial charge in [0.15, 0.2) is 6.61 Å². The van der Waals surface area contributed by atoms with Crippen molar-refractivity contribution in [1.29, 1.82) is 0 Å². The molecule has 34 heavy (non-hydrogen) atoms. The monoisotopic (exact) mass is 485 g/mol. The summed E-state index contributed by atoms with van der Waals surface area (Å²) in [5.74, 6) is -2.82. The minimum atomic E-state index is -3.67. The number of esters is 1. The number of hydrogen-bond donors (Lipinski definition) is 1. The van der Waals surface area contributed by atoms with Crippen molar-refractivity contribution in [2.75, 3.05) is 31.6 Å². The minimum Gasteiger partial charge on any atom is -0.454 e. The van der Waals surface area contributed by atoms with Gasteiger partial charge in [0.25, 0.3) is 17.7 Å². The van der Waals surface area contributed by atoms with Crippen LogP contribution in [0.15, 0.2) is 53.4 Å². The van der Waals surface area contributed by atoms with Crippen LogP contribution >= 0.6 is 0 Å². The van der Waals surface area contributed by atoms with Crippen molar-refractivity contribution in [3.05, 3.63) is 59.7 Å². The van der Waals surface area contributed by atoms with Gasteiger partial charge in [0, 0.05) is 18.8 Å². The van der Waals surface area contributed by atoms with Crippen LogP contribution < -0.4 is 5.32 Å². The van der Waals surface area contributed by atoms with Crippen molar-refractivity contribution in [3.8, 4) is 0 Å². The molecule has 0 aliphatic carbocycles. The van der Waals surface area contributed by atoms with E-state index in [-0.39, 0.29) is 21.7 Å². The number of anilines is 1. The van der Waals surface area contributed by atoms with Gasteiger partial charge in [-0.2, -0.15) is 4.31 Å². The first-order chi connectivity index (χ1) is 16.3. The fraction of sp³-hybridized carbons (Fsp3) is 0.304. The normalized spacial score (nSPS) is 16.3. The fourth-order valence-corrected chi connectivity index (χ4v) is 5.45. The maximum Gasteiger partial charge on any atom is 0.326 e. The molecule has 0 atom stereocenters. The number of benzene rings is 2. The highest BCUT2D eigenvalue weighted by Crippen LogP contribution is 2.23. The number of sulfonamides is 1. The van der Waals surface area contributed by atoms with E-state index in [4.69, 9.17) is 4.74 Å². The summed E-state index contributed by atoms with van der Waals surface area (Å²) >= 11 is 0. The Labute approximate surface area is 196 Å². The van der Waals surface area contributed by atoms with E-state index in [0.29, 0.717) is 13.1 Å². The Kier molecular flexibility index (Phi) is 6.75. The Morgan fingerprint density at radius 2 is 1.56 bits per heavy atom. The smallest absolute Gasteiger partial charge is 0.326 e. The van der Waals surface area contributed by atoms with Crippen LogP contribution in [0.25, 0.3) is 0 Å². The number of piperidine rings is 1. The summed E-state index contributed by atoms with van der Waals surface area (Å²) in [6.07, 6.45) is 2.61. The summed E-state index contributed by atoms with van der Waals surface area (Å²) in [5.41, 5.74) is 0.648. The van der Waals surface area contributed by atoms with Crippen LogP contribution in [0.3, 0.4) is 0 Å². The number of ether oxygens (including phenoxy) is 1. The largest absolute Gasteiger partial charge is 0.454 e. The van der Waals surface area contributed by atoms with E-state index in [1.807, 2.05) is 0 Å². The van der Waals surface area contributed by atoms with E-state index in [1.54, 1.807) is 12.1 Å². The van der Waals surface area contributed by atoms with Gasteiger partial charge in [0.05, 0.1) is 16.0 Å². The third-order valence-corrected chi connectivity index (χ3v) is 7.49. The highest BCUT2D eigenvalue weighted by atomic mass is 32.2. The average Bonchev–Trinajstić information content (AvgIpc) is 3.08. The van der Waals surface area contributed by atoms with Crippen LogP contribution in [0.1, 0.15) is 40.0 Å². The second-order valence-corrected chi connectivity index (χ2v) is 9.88. The van der Waals surface area contributed by atoms with E-state index < -0.39 is 46.9 Å². The summed E-state index contributed by atoms with van der Waals surface area (Å²) in [4.78, 5) is 49.8. The number of hydrogen-bond acceptors (Lipinski definition) is 7. The van der Waals surface area contributed by atoms with Gasteiger partial charge in [0.1, 0.15) is 6.54 Å². The third-order valence-electron chi connectivity index (χ3n) is 5.60. The minimum absolute atomic E-state index is 0.0646. The number of rotatable bonds is 7. The predicted octanol–water partition coefficient (Wildman–Crippen LogP) is 1.64. The van der Waals surface area contributed by atoms with Crippen molar-refractivity contribution in [2.45, 2.75) is 24.2 Å². The zero-order chi connectivity index (χ0) is 24.3. The molecule has 2 aliphatic rings. The second kappa shape index (κ2) is 9.74. The predicted molar refractivity (Wildman–Crippen MR) is 120 cm³/mol. The first kappa shape index (κ1) is 23.6. The fourth-order valence-electron chi connectivity index (χ4n) is 3.89. The van der Waals surface area contributed by atoms with Crippen LogP contribution in [0.2, 0.25) is 0 Å². The van der Waals surface area contributed by atoms with Gasteiger partial charge in [-0.3, -0.25) is 24.1 Å². The van der Waals surface area contributed by atoms with Gasteiger partial charge in [0.2, 0.25) is 10.0 Å². The Hall–Kier alpha value is -3.57. The zero-order valence-corrected chi connectivity index (χ0v) is 19.0. The lowest BCUT2D eigenvalue weighted by Gasteiger charge is -2.26. The Balaban J connectivity index is 1.31. The maximum absolute atomic E-state index is 12.8. The van der Waals surface area contributed by atoms with Crippen LogP contribution in [-0.2, 0) is 24.3 Å². The maximum atomic E-state index is 12.8. The molecule has 2 aromatic rings. The number of amides is 3. The first-order valence-corrected chi connectivity index (χ1v) is 12.2. The van der Waals surface area contributed by atoms with Crippen LogP contribution in [0, 0.1) is 0 Å². The van der Waals surface area contributed by atoms with Gasteiger partial charge >= 0.3 is 5.97 Å². The molecule has 11 heteroatoms. The van der Waals surface area contributed by atoms with Crippen LogP contribution in [0.5, 0.6) is 0 Å². The molecule has 0 radical (unpaired) electrons. The molecular formula is C23H23N3O7S. The van der Waals surface area contributed by atoms with Crippen LogP contribution in [-0.4, -0.2) is 67.6 Å². The SMILES string of the molecule is O=C(COC(=O)CN1C(=O)c2ccccc2C1=O)Nc1cccc(S(=O)(=O)N2CCCCC2)c1. The lowest BCUT2D eigenvalue weighted by Crippen LogP contribution is -2.36. The van der Waals surface area contributed by atoms with Crippen molar-refractivity contribution < 1.29 is 32.3 Å². The highest BCUT2D eigenvalue weighted by Gasteiger charge is 2.36. The Morgan fingerprint density at radius 1 is 0.912 bits per heavy atom. The van der Waals surface area contributed by atoms with Gasteiger partial charge < -0.3 is 10.1 Å². The number of nitrogens with zero attached hydrogens (tertiary/aromatic N) is 2.